The zero-order valence-corrected chi connectivity index (χ0v) is 12.0. The summed E-state index contributed by atoms with van der Waals surface area (Å²) in [6.07, 6.45) is 2.50. The van der Waals surface area contributed by atoms with Crippen molar-refractivity contribution in [1.29, 1.82) is 5.26 Å². The van der Waals surface area contributed by atoms with E-state index in [1.165, 1.54) is 0 Å². The van der Waals surface area contributed by atoms with Crippen molar-refractivity contribution in [2.24, 2.45) is 5.92 Å². The highest BCUT2D eigenvalue weighted by molar-refractivity contribution is 5.41. The summed E-state index contributed by atoms with van der Waals surface area (Å²) in [5, 5.41) is 18.7. The first-order chi connectivity index (χ1) is 9.02. The summed E-state index contributed by atoms with van der Waals surface area (Å²) in [6, 6.07) is 7.47. The number of aliphatic hydroxyl groups is 1. The molecule has 0 radical (unpaired) electrons. The molecule has 3 nitrogen and oxygen atoms in total. The van der Waals surface area contributed by atoms with Crippen molar-refractivity contribution in [2.45, 2.75) is 46.1 Å². The van der Waals surface area contributed by atoms with Crippen LogP contribution in [0.25, 0.3) is 0 Å². The molecule has 0 spiro atoms. The number of nitriles is 1. The van der Waals surface area contributed by atoms with Crippen LogP contribution in [0.2, 0.25) is 0 Å². The minimum absolute atomic E-state index is 0.309. The van der Waals surface area contributed by atoms with Crippen LogP contribution in [0.3, 0.4) is 0 Å². The van der Waals surface area contributed by atoms with Crippen molar-refractivity contribution in [1.82, 2.24) is 0 Å². The Hall–Kier alpha value is -1.53. The summed E-state index contributed by atoms with van der Waals surface area (Å²) in [6.45, 7) is 6.55. The highest BCUT2D eigenvalue weighted by Gasteiger charge is 2.07. The Bertz CT molecular complexity index is 435. The zero-order chi connectivity index (χ0) is 14.3. The molecule has 1 aromatic rings. The molecule has 1 atom stereocenters. The minimum Gasteiger partial charge on any atom is -0.491 e. The van der Waals surface area contributed by atoms with E-state index in [1.54, 1.807) is 12.1 Å². The Morgan fingerprint density at radius 3 is 2.63 bits per heavy atom. The standard InChI is InChI=1S/C16H23NO2/c1-12(2)5-4-6-15(18)11-19-16-8-7-14(10-17)13(3)9-16/h7-9,12,15,18H,4-6,11H2,1-3H3. The molecule has 1 unspecified atom stereocenters. The lowest BCUT2D eigenvalue weighted by Gasteiger charge is -2.13. The van der Waals surface area contributed by atoms with Gasteiger partial charge < -0.3 is 9.84 Å². The van der Waals surface area contributed by atoms with Gasteiger partial charge in [0.05, 0.1) is 17.7 Å². The van der Waals surface area contributed by atoms with Gasteiger partial charge >= 0.3 is 0 Å². The van der Waals surface area contributed by atoms with E-state index >= 15 is 0 Å². The third-order valence-corrected chi connectivity index (χ3v) is 3.08. The van der Waals surface area contributed by atoms with Gasteiger partial charge in [-0.25, -0.2) is 0 Å². The predicted molar refractivity (Wildman–Crippen MR) is 76.1 cm³/mol. The molecule has 0 aromatic heterocycles. The number of hydrogen-bond donors (Lipinski definition) is 1. The van der Waals surface area contributed by atoms with E-state index in [0.717, 1.165) is 24.8 Å². The molecule has 0 aliphatic heterocycles. The minimum atomic E-state index is -0.422. The first-order valence-electron chi connectivity index (χ1n) is 6.84. The summed E-state index contributed by atoms with van der Waals surface area (Å²) < 4.78 is 5.55. The van der Waals surface area contributed by atoms with Crippen molar-refractivity contribution in [2.75, 3.05) is 6.61 Å². The van der Waals surface area contributed by atoms with Gasteiger partial charge in [0.15, 0.2) is 0 Å². The van der Waals surface area contributed by atoms with Gasteiger partial charge in [0, 0.05) is 0 Å². The molecule has 0 amide bonds. The highest BCUT2D eigenvalue weighted by atomic mass is 16.5. The first-order valence-corrected chi connectivity index (χ1v) is 6.84. The topological polar surface area (TPSA) is 53.2 Å². The molecule has 0 saturated carbocycles. The lowest BCUT2D eigenvalue weighted by molar-refractivity contribution is 0.0967. The third-order valence-electron chi connectivity index (χ3n) is 3.08. The van der Waals surface area contributed by atoms with Crippen LogP contribution in [0.5, 0.6) is 5.75 Å². The highest BCUT2D eigenvalue weighted by Crippen LogP contribution is 2.17. The van der Waals surface area contributed by atoms with Crippen LogP contribution in [0, 0.1) is 24.2 Å². The monoisotopic (exact) mass is 261 g/mol. The van der Waals surface area contributed by atoms with Crippen molar-refractivity contribution in [3.63, 3.8) is 0 Å². The van der Waals surface area contributed by atoms with Gasteiger partial charge in [-0.15, -0.1) is 0 Å². The van der Waals surface area contributed by atoms with Crippen LogP contribution in [0.1, 0.15) is 44.2 Å². The fourth-order valence-electron chi connectivity index (χ4n) is 1.89. The summed E-state index contributed by atoms with van der Waals surface area (Å²) >= 11 is 0. The predicted octanol–water partition coefficient (Wildman–Crippen LogP) is 3.43. The fraction of sp³-hybridized carbons (Fsp3) is 0.562. The molecule has 0 bridgehead atoms. The van der Waals surface area contributed by atoms with E-state index < -0.39 is 6.10 Å². The summed E-state index contributed by atoms with van der Waals surface area (Å²) in [4.78, 5) is 0. The van der Waals surface area contributed by atoms with Crippen molar-refractivity contribution in [3.8, 4) is 11.8 Å². The second kappa shape index (κ2) is 7.81. The quantitative estimate of drug-likeness (QED) is 0.818. The van der Waals surface area contributed by atoms with E-state index in [0.29, 0.717) is 23.8 Å². The molecular weight excluding hydrogens is 238 g/mol. The Morgan fingerprint density at radius 2 is 2.05 bits per heavy atom. The Kier molecular flexibility index (Phi) is 6.38. The van der Waals surface area contributed by atoms with Crippen LogP contribution in [-0.2, 0) is 0 Å². The molecule has 1 N–H and O–H groups in total. The van der Waals surface area contributed by atoms with E-state index in [1.807, 2.05) is 13.0 Å². The maximum absolute atomic E-state index is 9.82. The van der Waals surface area contributed by atoms with Crippen LogP contribution in [-0.4, -0.2) is 17.8 Å². The van der Waals surface area contributed by atoms with Gasteiger partial charge in [0.2, 0.25) is 0 Å². The number of aliphatic hydroxyl groups excluding tert-OH is 1. The second-order valence-electron chi connectivity index (χ2n) is 5.38. The molecule has 19 heavy (non-hydrogen) atoms. The van der Waals surface area contributed by atoms with Gasteiger partial charge in [-0.05, 0) is 43.0 Å². The molecule has 0 saturated heterocycles. The Labute approximate surface area is 115 Å². The molecule has 0 aliphatic carbocycles. The van der Waals surface area contributed by atoms with E-state index in [4.69, 9.17) is 10.00 Å². The number of nitrogens with zero attached hydrogens (tertiary/aromatic N) is 1. The SMILES string of the molecule is Cc1cc(OCC(O)CCCC(C)C)ccc1C#N. The summed E-state index contributed by atoms with van der Waals surface area (Å²) in [7, 11) is 0. The number of benzene rings is 1. The van der Waals surface area contributed by atoms with Crippen LogP contribution in [0.15, 0.2) is 18.2 Å². The Balaban J connectivity index is 2.36. The molecular formula is C16H23NO2. The van der Waals surface area contributed by atoms with Gasteiger partial charge in [0.1, 0.15) is 12.4 Å². The molecule has 1 rings (SSSR count). The normalized spacial score (nSPS) is 12.2. The lowest BCUT2D eigenvalue weighted by atomic mass is 10.0. The lowest BCUT2D eigenvalue weighted by Crippen LogP contribution is -2.17. The summed E-state index contributed by atoms with van der Waals surface area (Å²) in [5.74, 6) is 1.38. The van der Waals surface area contributed by atoms with Crippen LogP contribution < -0.4 is 4.74 Å². The second-order valence-corrected chi connectivity index (χ2v) is 5.38. The number of rotatable bonds is 7. The Morgan fingerprint density at radius 1 is 1.32 bits per heavy atom. The van der Waals surface area contributed by atoms with Gasteiger partial charge in [0.25, 0.3) is 0 Å². The van der Waals surface area contributed by atoms with Crippen LogP contribution >= 0.6 is 0 Å². The maximum atomic E-state index is 9.82. The molecule has 0 heterocycles. The van der Waals surface area contributed by atoms with Crippen molar-refractivity contribution >= 4 is 0 Å². The number of ether oxygens (including phenoxy) is 1. The van der Waals surface area contributed by atoms with Crippen LogP contribution in [0.4, 0.5) is 0 Å². The smallest absolute Gasteiger partial charge is 0.119 e. The zero-order valence-electron chi connectivity index (χ0n) is 12.0. The summed E-state index contributed by atoms with van der Waals surface area (Å²) in [5.41, 5.74) is 1.55. The molecule has 3 heteroatoms. The van der Waals surface area contributed by atoms with Gasteiger partial charge in [-0.2, -0.15) is 5.26 Å². The molecule has 0 aliphatic rings. The number of hydrogen-bond acceptors (Lipinski definition) is 3. The molecule has 104 valence electrons. The van der Waals surface area contributed by atoms with Crippen molar-refractivity contribution in [3.05, 3.63) is 29.3 Å². The number of aryl methyl sites for hydroxylation is 1. The van der Waals surface area contributed by atoms with Gasteiger partial charge in [-0.3, -0.25) is 0 Å². The molecule has 0 fully saturated rings. The molecule has 1 aromatic carbocycles. The third kappa shape index (κ3) is 5.76. The van der Waals surface area contributed by atoms with Crippen molar-refractivity contribution < 1.29 is 9.84 Å². The average molecular weight is 261 g/mol. The van der Waals surface area contributed by atoms with E-state index in [2.05, 4.69) is 19.9 Å². The van der Waals surface area contributed by atoms with Gasteiger partial charge in [-0.1, -0.05) is 26.7 Å². The van der Waals surface area contributed by atoms with E-state index in [9.17, 15) is 5.11 Å². The van der Waals surface area contributed by atoms with E-state index in [-0.39, 0.29) is 0 Å². The largest absolute Gasteiger partial charge is 0.491 e. The average Bonchev–Trinajstić information content (AvgIpc) is 2.36. The first kappa shape index (κ1) is 15.5. The maximum Gasteiger partial charge on any atom is 0.119 e. The fourth-order valence-corrected chi connectivity index (χ4v) is 1.89.